The summed E-state index contributed by atoms with van der Waals surface area (Å²) < 4.78 is 19.3. The van der Waals surface area contributed by atoms with E-state index in [4.69, 9.17) is 37.4 Å². The summed E-state index contributed by atoms with van der Waals surface area (Å²) in [4.78, 5) is 32.0. The van der Waals surface area contributed by atoms with Gasteiger partial charge in [0.2, 0.25) is 0 Å². The number of thiazole rings is 1. The molecule has 1 aliphatic rings. The van der Waals surface area contributed by atoms with E-state index < -0.39 is 12.0 Å². The maximum Gasteiger partial charge on any atom is 0.338 e. The Morgan fingerprint density at radius 3 is 2.31 bits per heavy atom. The molecular weight excluding hydrogens is 595 g/mol. The first-order chi connectivity index (χ1) is 20.3. The third-order valence-corrected chi connectivity index (χ3v) is 8.06. The third kappa shape index (κ3) is 6.31. The van der Waals surface area contributed by atoms with Gasteiger partial charge in [-0.25, -0.2) is 9.79 Å². The van der Waals surface area contributed by atoms with Crippen LogP contribution in [0.5, 0.6) is 11.5 Å². The van der Waals surface area contributed by atoms with Gasteiger partial charge in [-0.3, -0.25) is 9.36 Å². The molecule has 0 unspecified atom stereocenters. The predicted molar refractivity (Wildman–Crippen MR) is 165 cm³/mol. The average molecular weight is 624 g/mol. The number of hydrogen-bond donors (Lipinski definition) is 0. The molecule has 3 aromatic carbocycles. The van der Waals surface area contributed by atoms with Gasteiger partial charge in [-0.1, -0.05) is 64.9 Å². The summed E-state index contributed by atoms with van der Waals surface area (Å²) in [5, 5.41) is 1.21. The van der Waals surface area contributed by atoms with E-state index in [2.05, 4.69) is 4.99 Å². The number of benzene rings is 3. The minimum absolute atomic E-state index is 0.203. The van der Waals surface area contributed by atoms with Gasteiger partial charge in [0.15, 0.2) is 16.3 Å². The Bertz CT molecular complexity index is 1830. The first kappa shape index (κ1) is 29.6. The summed E-state index contributed by atoms with van der Waals surface area (Å²) in [7, 11) is 0. The molecule has 10 heteroatoms. The van der Waals surface area contributed by atoms with Crippen molar-refractivity contribution in [3.8, 4) is 11.5 Å². The standard InChI is InChI=1S/C32H28Cl2N2O5S/c1-4-39-26-16-21(8-15-25(26)41-18-20-6-11-23(33)12-7-20)17-27-30(37)36-29(22-9-13-24(34)14-10-22)28(31(38)40-5-2)19(3)35-32(36)42-27/h6-17,29H,4-5,18H2,1-3H3/b27-17+/t29-/m1/s1. The lowest BCUT2D eigenvalue weighted by Crippen LogP contribution is -2.39. The van der Waals surface area contributed by atoms with Gasteiger partial charge in [0, 0.05) is 10.0 Å². The van der Waals surface area contributed by atoms with Crippen molar-refractivity contribution < 1.29 is 19.0 Å². The molecule has 1 atom stereocenters. The van der Waals surface area contributed by atoms with Crippen molar-refractivity contribution in [3.05, 3.63) is 124 Å². The predicted octanol–water partition coefficient (Wildman–Crippen LogP) is 6.08. The van der Waals surface area contributed by atoms with Crippen molar-refractivity contribution in [2.75, 3.05) is 13.2 Å². The van der Waals surface area contributed by atoms with Crippen LogP contribution in [0.3, 0.4) is 0 Å². The van der Waals surface area contributed by atoms with E-state index >= 15 is 0 Å². The highest BCUT2D eigenvalue weighted by molar-refractivity contribution is 7.07. The molecular formula is C32H28Cl2N2O5S. The Hall–Kier alpha value is -3.85. The Morgan fingerprint density at radius 2 is 1.64 bits per heavy atom. The molecule has 0 fully saturated rings. The average Bonchev–Trinajstić information content (AvgIpc) is 3.27. The summed E-state index contributed by atoms with van der Waals surface area (Å²) in [5.41, 5.74) is 3.01. The molecule has 0 amide bonds. The van der Waals surface area contributed by atoms with Crippen LogP contribution in [-0.4, -0.2) is 23.8 Å². The number of fused-ring (bicyclic) bond motifs is 1. The molecule has 0 bridgehead atoms. The number of rotatable bonds is 9. The van der Waals surface area contributed by atoms with Crippen LogP contribution >= 0.6 is 34.5 Å². The zero-order valence-electron chi connectivity index (χ0n) is 23.2. The summed E-state index contributed by atoms with van der Waals surface area (Å²) >= 11 is 13.4. The maximum absolute atomic E-state index is 13.9. The van der Waals surface area contributed by atoms with E-state index in [9.17, 15) is 9.59 Å². The van der Waals surface area contributed by atoms with Crippen LogP contribution in [0, 0.1) is 0 Å². The summed E-state index contributed by atoms with van der Waals surface area (Å²) in [5.74, 6) is 0.638. The smallest absolute Gasteiger partial charge is 0.338 e. The SMILES string of the molecule is CCOC(=O)C1=C(C)N=c2s/c(=C/c3ccc(OCc4ccc(Cl)cc4)c(OCC)c3)c(=O)n2[C@@H]1c1ccc(Cl)cc1. The quantitative estimate of drug-likeness (QED) is 0.211. The van der Waals surface area contributed by atoms with Crippen molar-refractivity contribution in [3.63, 3.8) is 0 Å². The highest BCUT2D eigenvalue weighted by Crippen LogP contribution is 2.32. The van der Waals surface area contributed by atoms with Crippen LogP contribution in [-0.2, 0) is 16.1 Å². The molecule has 1 aliphatic heterocycles. The van der Waals surface area contributed by atoms with Gasteiger partial charge in [-0.05, 0) is 79.9 Å². The first-order valence-electron chi connectivity index (χ1n) is 13.4. The second-order valence-electron chi connectivity index (χ2n) is 9.41. The fourth-order valence-electron chi connectivity index (χ4n) is 4.65. The van der Waals surface area contributed by atoms with Gasteiger partial charge >= 0.3 is 5.97 Å². The highest BCUT2D eigenvalue weighted by atomic mass is 35.5. The van der Waals surface area contributed by atoms with Crippen LogP contribution < -0.4 is 24.4 Å². The number of allylic oxidation sites excluding steroid dienone is 1. The van der Waals surface area contributed by atoms with Crippen LogP contribution in [0.2, 0.25) is 10.0 Å². The van der Waals surface area contributed by atoms with Gasteiger partial charge < -0.3 is 14.2 Å². The van der Waals surface area contributed by atoms with Crippen LogP contribution in [0.1, 0.15) is 43.5 Å². The Kier molecular flexibility index (Phi) is 9.16. The molecule has 0 saturated heterocycles. The number of hydrogen-bond acceptors (Lipinski definition) is 7. The molecule has 5 rings (SSSR count). The fraction of sp³-hybridized carbons (Fsp3) is 0.219. The van der Waals surface area contributed by atoms with Crippen molar-refractivity contribution in [1.82, 2.24) is 4.57 Å². The molecule has 0 spiro atoms. The topological polar surface area (TPSA) is 79.1 Å². The fourth-order valence-corrected chi connectivity index (χ4v) is 5.95. The first-order valence-corrected chi connectivity index (χ1v) is 15.0. The second kappa shape index (κ2) is 13.0. The van der Waals surface area contributed by atoms with Crippen LogP contribution in [0.15, 0.2) is 87.8 Å². The number of halogens is 2. The third-order valence-electron chi connectivity index (χ3n) is 6.58. The molecule has 2 heterocycles. The van der Waals surface area contributed by atoms with Crippen molar-refractivity contribution >= 4 is 46.6 Å². The number of esters is 1. The summed E-state index contributed by atoms with van der Waals surface area (Å²) in [6.45, 7) is 6.39. The lowest BCUT2D eigenvalue weighted by atomic mass is 9.96. The number of nitrogens with zero attached hydrogens (tertiary/aromatic N) is 2. The molecule has 0 N–H and O–H groups in total. The minimum Gasteiger partial charge on any atom is -0.490 e. The lowest BCUT2D eigenvalue weighted by Gasteiger charge is -2.24. The lowest BCUT2D eigenvalue weighted by molar-refractivity contribution is -0.139. The monoisotopic (exact) mass is 622 g/mol. The molecule has 7 nitrogen and oxygen atoms in total. The van der Waals surface area contributed by atoms with Gasteiger partial charge in [-0.2, -0.15) is 0 Å². The summed E-state index contributed by atoms with van der Waals surface area (Å²) in [6, 6.07) is 19.3. The zero-order chi connectivity index (χ0) is 29.8. The molecule has 0 radical (unpaired) electrons. The molecule has 4 aromatic rings. The van der Waals surface area contributed by atoms with Crippen molar-refractivity contribution in [2.24, 2.45) is 4.99 Å². The zero-order valence-corrected chi connectivity index (χ0v) is 25.6. The van der Waals surface area contributed by atoms with Gasteiger partial charge in [0.25, 0.3) is 5.56 Å². The number of ether oxygens (including phenoxy) is 3. The molecule has 216 valence electrons. The van der Waals surface area contributed by atoms with Gasteiger partial charge in [-0.15, -0.1) is 0 Å². The molecule has 0 saturated carbocycles. The maximum atomic E-state index is 13.9. The second-order valence-corrected chi connectivity index (χ2v) is 11.3. The van der Waals surface area contributed by atoms with E-state index in [-0.39, 0.29) is 12.2 Å². The number of carbonyl (C=O) groups excluding carboxylic acids is 1. The molecule has 0 aliphatic carbocycles. The van der Waals surface area contributed by atoms with Crippen molar-refractivity contribution in [2.45, 2.75) is 33.4 Å². The number of aromatic nitrogens is 1. The molecule has 42 heavy (non-hydrogen) atoms. The normalized spacial score (nSPS) is 14.8. The minimum atomic E-state index is -0.706. The van der Waals surface area contributed by atoms with E-state index in [1.807, 2.05) is 49.4 Å². The Balaban J connectivity index is 1.54. The van der Waals surface area contributed by atoms with Gasteiger partial charge in [0.1, 0.15) is 6.61 Å². The summed E-state index contributed by atoms with van der Waals surface area (Å²) in [6.07, 6.45) is 1.79. The van der Waals surface area contributed by atoms with E-state index in [0.29, 0.717) is 55.4 Å². The van der Waals surface area contributed by atoms with Crippen LogP contribution in [0.25, 0.3) is 6.08 Å². The molecule has 1 aromatic heterocycles. The number of carbonyl (C=O) groups is 1. The van der Waals surface area contributed by atoms with Crippen molar-refractivity contribution in [1.29, 1.82) is 0 Å². The Labute approximate surface area is 256 Å². The Morgan fingerprint density at radius 1 is 0.952 bits per heavy atom. The van der Waals surface area contributed by atoms with E-state index in [1.165, 1.54) is 11.3 Å². The highest BCUT2D eigenvalue weighted by Gasteiger charge is 2.33. The van der Waals surface area contributed by atoms with Gasteiger partial charge in [0.05, 0.1) is 35.1 Å². The van der Waals surface area contributed by atoms with Crippen LogP contribution in [0.4, 0.5) is 0 Å². The van der Waals surface area contributed by atoms with E-state index in [1.54, 1.807) is 48.8 Å². The van der Waals surface area contributed by atoms with E-state index in [0.717, 1.165) is 16.7 Å². The largest absolute Gasteiger partial charge is 0.490 e.